The Kier molecular flexibility index (Phi) is 5.06. The average Bonchev–Trinajstić information content (AvgIpc) is 2.34. The number of anilines is 1. The van der Waals surface area contributed by atoms with Crippen molar-refractivity contribution in [3.63, 3.8) is 0 Å². The summed E-state index contributed by atoms with van der Waals surface area (Å²) >= 11 is 11.9. The minimum Gasteiger partial charge on any atom is -0.381 e. The van der Waals surface area contributed by atoms with Gasteiger partial charge in [-0.25, -0.2) is 4.39 Å². The van der Waals surface area contributed by atoms with Crippen molar-refractivity contribution in [1.82, 2.24) is 4.90 Å². The predicted octanol–water partition coefficient (Wildman–Crippen LogP) is 2.88. The van der Waals surface area contributed by atoms with Crippen molar-refractivity contribution in [2.24, 2.45) is 0 Å². The van der Waals surface area contributed by atoms with E-state index in [1.165, 1.54) is 12.1 Å². The first-order valence-electron chi connectivity index (χ1n) is 5.85. The summed E-state index contributed by atoms with van der Waals surface area (Å²) < 4.78 is 18.3. The molecule has 1 aliphatic rings. The van der Waals surface area contributed by atoms with Crippen molar-refractivity contribution in [1.29, 1.82) is 0 Å². The summed E-state index contributed by atoms with van der Waals surface area (Å²) in [5.41, 5.74) is 0.591. The molecule has 0 spiro atoms. The first-order chi connectivity index (χ1) is 8.66. The Morgan fingerprint density at radius 3 is 2.44 bits per heavy atom. The molecule has 1 N–H and O–H groups in total. The predicted molar refractivity (Wildman–Crippen MR) is 72.2 cm³/mol. The van der Waals surface area contributed by atoms with Crippen LogP contribution >= 0.6 is 23.2 Å². The van der Waals surface area contributed by atoms with E-state index in [9.17, 15) is 4.39 Å². The topological polar surface area (TPSA) is 24.5 Å². The van der Waals surface area contributed by atoms with E-state index in [-0.39, 0.29) is 0 Å². The summed E-state index contributed by atoms with van der Waals surface area (Å²) in [6, 6.07) is 2.51. The van der Waals surface area contributed by atoms with Crippen molar-refractivity contribution >= 4 is 28.9 Å². The summed E-state index contributed by atoms with van der Waals surface area (Å²) in [7, 11) is 0. The molecule has 1 aromatic rings. The van der Waals surface area contributed by atoms with Gasteiger partial charge in [0.2, 0.25) is 0 Å². The van der Waals surface area contributed by atoms with Gasteiger partial charge >= 0.3 is 0 Å². The highest BCUT2D eigenvalue weighted by Gasteiger charge is 2.11. The quantitative estimate of drug-likeness (QED) is 0.924. The van der Waals surface area contributed by atoms with Crippen LogP contribution in [0.25, 0.3) is 0 Å². The molecule has 0 aromatic heterocycles. The summed E-state index contributed by atoms with van der Waals surface area (Å²) in [5.74, 6) is -0.427. The molecule has 0 radical (unpaired) electrons. The number of rotatable bonds is 4. The number of nitrogens with zero attached hydrogens (tertiary/aromatic N) is 1. The average molecular weight is 293 g/mol. The minimum absolute atomic E-state index is 0.307. The number of morpholine rings is 1. The maximum Gasteiger partial charge on any atom is 0.126 e. The number of halogens is 3. The molecular weight excluding hydrogens is 278 g/mol. The third kappa shape index (κ3) is 3.72. The van der Waals surface area contributed by atoms with Crippen molar-refractivity contribution in [3.05, 3.63) is 28.0 Å². The SMILES string of the molecule is Fc1cc(Cl)c(NCCN2CCOCC2)c(Cl)c1. The van der Waals surface area contributed by atoms with E-state index in [0.29, 0.717) is 22.3 Å². The van der Waals surface area contributed by atoms with Gasteiger partial charge < -0.3 is 10.1 Å². The molecule has 0 saturated carbocycles. The Hall–Kier alpha value is -0.550. The van der Waals surface area contributed by atoms with E-state index in [0.717, 1.165) is 32.8 Å². The fraction of sp³-hybridized carbons (Fsp3) is 0.500. The molecule has 1 heterocycles. The van der Waals surface area contributed by atoms with Crippen molar-refractivity contribution in [2.45, 2.75) is 0 Å². The highest BCUT2D eigenvalue weighted by Crippen LogP contribution is 2.31. The van der Waals surface area contributed by atoms with E-state index in [1.54, 1.807) is 0 Å². The van der Waals surface area contributed by atoms with Gasteiger partial charge in [0, 0.05) is 26.2 Å². The molecule has 0 atom stereocenters. The highest BCUT2D eigenvalue weighted by molar-refractivity contribution is 6.39. The van der Waals surface area contributed by atoms with Gasteiger partial charge in [-0.2, -0.15) is 0 Å². The van der Waals surface area contributed by atoms with E-state index in [2.05, 4.69) is 10.2 Å². The lowest BCUT2D eigenvalue weighted by Crippen LogP contribution is -2.39. The molecule has 1 saturated heterocycles. The van der Waals surface area contributed by atoms with Crippen molar-refractivity contribution in [3.8, 4) is 0 Å². The molecule has 6 heteroatoms. The zero-order chi connectivity index (χ0) is 13.0. The summed E-state index contributed by atoms with van der Waals surface area (Å²) in [4.78, 5) is 2.29. The molecule has 0 aliphatic carbocycles. The second-order valence-electron chi connectivity index (χ2n) is 4.13. The molecule has 1 fully saturated rings. The molecule has 0 unspecified atom stereocenters. The van der Waals surface area contributed by atoms with Gasteiger partial charge in [-0.3, -0.25) is 4.90 Å². The summed E-state index contributed by atoms with van der Waals surface area (Å²) in [6.45, 7) is 5.02. The molecule has 18 heavy (non-hydrogen) atoms. The smallest absolute Gasteiger partial charge is 0.126 e. The van der Waals surface area contributed by atoms with E-state index in [4.69, 9.17) is 27.9 Å². The van der Waals surface area contributed by atoms with Gasteiger partial charge in [0.25, 0.3) is 0 Å². The first-order valence-corrected chi connectivity index (χ1v) is 6.61. The lowest BCUT2D eigenvalue weighted by atomic mass is 10.3. The van der Waals surface area contributed by atoms with Gasteiger partial charge in [0.05, 0.1) is 28.9 Å². The minimum atomic E-state index is -0.427. The normalized spacial score (nSPS) is 16.8. The number of hydrogen-bond acceptors (Lipinski definition) is 3. The highest BCUT2D eigenvalue weighted by atomic mass is 35.5. The van der Waals surface area contributed by atoms with Gasteiger partial charge in [-0.1, -0.05) is 23.2 Å². The zero-order valence-corrected chi connectivity index (χ0v) is 11.4. The second-order valence-corrected chi connectivity index (χ2v) is 4.94. The van der Waals surface area contributed by atoms with Crippen LogP contribution in [0.4, 0.5) is 10.1 Å². The number of nitrogens with one attached hydrogen (secondary N) is 1. The summed E-state index contributed by atoms with van der Waals surface area (Å²) in [5, 5.41) is 3.76. The van der Waals surface area contributed by atoms with Gasteiger partial charge in [-0.05, 0) is 12.1 Å². The maximum atomic E-state index is 13.0. The Morgan fingerprint density at radius 1 is 1.22 bits per heavy atom. The number of benzene rings is 1. The standard InChI is InChI=1S/C12H15Cl2FN2O/c13-10-7-9(15)8-11(14)12(10)16-1-2-17-3-5-18-6-4-17/h7-8,16H,1-6H2. The molecule has 100 valence electrons. The van der Waals surface area contributed by atoms with Crippen LogP contribution < -0.4 is 5.32 Å². The third-order valence-electron chi connectivity index (χ3n) is 2.84. The van der Waals surface area contributed by atoms with Crippen LogP contribution in [0.3, 0.4) is 0 Å². The lowest BCUT2D eigenvalue weighted by Gasteiger charge is -2.26. The lowest BCUT2D eigenvalue weighted by molar-refractivity contribution is 0.0398. The largest absolute Gasteiger partial charge is 0.381 e. The van der Waals surface area contributed by atoms with E-state index >= 15 is 0 Å². The Morgan fingerprint density at radius 2 is 1.83 bits per heavy atom. The van der Waals surface area contributed by atoms with Crippen LogP contribution in [-0.4, -0.2) is 44.3 Å². The van der Waals surface area contributed by atoms with Crippen LogP contribution in [0.5, 0.6) is 0 Å². The fourth-order valence-electron chi connectivity index (χ4n) is 1.87. The van der Waals surface area contributed by atoms with Crippen LogP contribution in [0.2, 0.25) is 10.0 Å². The monoisotopic (exact) mass is 292 g/mol. The number of hydrogen-bond donors (Lipinski definition) is 1. The van der Waals surface area contributed by atoms with E-state index < -0.39 is 5.82 Å². The molecule has 2 rings (SSSR count). The zero-order valence-electron chi connectivity index (χ0n) is 9.89. The molecule has 0 bridgehead atoms. The Labute approximate surface area is 116 Å². The molecular formula is C12H15Cl2FN2O. The van der Waals surface area contributed by atoms with Crippen LogP contribution in [0, 0.1) is 5.82 Å². The van der Waals surface area contributed by atoms with Crippen molar-refractivity contribution < 1.29 is 9.13 Å². The van der Waals surface area contributed by atoms with Crippen LogP contribution in [0.15, 0.2) is 12.1 Å². The molecule has 1 aromatic carbocycles. The van der Waals surface area contributed by atoms with Crippen LogP contribution in [0.1, 0.15) is 0 Å². The Bertz CT molecular complexity index is 388. The molecule has 3 nitrogen and oxygen atoms in total. The Balaban J connectivity index is 1.86. The molecule has 0 amide bonds. The fourth-order valence-corrected chi connectivity index (χ4v) is 2.47. The first kappa shape index (κ1) is 13.9. The van der Waals surface area contributed by atoms with Gasteiger partial charge in [-0.15, -0.1) is 0 Å². The maximum absolute atomic E-state index is 13.0. The number of ether oxygens (including phenoxy) is 1. The van der Waals surface area contributed by atoms with Crippen LogP contribution in [-0.2, 0) is 4.74 Å². The van der Waals surface area contributed by atoms with Gasteiger partial charge in [0.1, 0.15) is 5.82 Å². The van der Waals surface area contributed by atoms with E-state index in [1.807, 2.05) is 0 Å². The van der Waals surface area contributed by atoms with Crippen molar-refractivity contribution in [2.75, 3.05) is 44.7 Å². The third-order valence-corrected chi connectivity index (χ3v) is 3.44. The molecule has 1 aliphatic heterocycles. The van der Waals surface area contributed by atoms with Gasteiger partial charge in [0.15, 0.2) is 0 Å². The second kappa shape index (κ2) is 6.57. The summed E-state index contributed by atoms with van der Waals surface area (Å²) in [6.07, 6.45) is 0.